The number of hydrogen-bond donors (Lipinski definition) is 2. The minimum absolute atomic E-state index is 0.0319. The highest BCUT2D eigenvalue weighted by molar-refractivity contribution is 7.99. The standard InChI is InChI=1S/C21H28ClN7O2S/c1-3-6-24-21(31)29-10-9-28(13-15(29)2)18-11-17(22)26-20(27-18)32-14-19(30)25-12-16-4-7-23-8-5-16/h4-5,7-8,11,15H,3,6,9-10,12-14H2,1-2H3,(H,24,31)(H,25,30). The Morgan fingerprint density at radius 1 is 1.22 bits per heavy atom. The number of thioether (sulfide) groups is 1. The number of carbonyl (C=O) groups excluding carboxylic acids is 2. The van der Waals surface area contributed by atoms with Crippen LogP contribution in [-0.4, -0.2) is 69.8 Å². The molecule has 2 aromatic rings. The highest BCUT2D eigenvalue weighted by Gasteiger charge is 2.28. The molecule has 0 bridgehead atoms. The molecule has 1 unspecified atom stereocenters. The number of pyridine rings is 1. The summed E-state index contributed by atoms with van der Waals surface area (Å²) >= 11 is 7.47. The van der Waals surface area contributed by atoms with E-state index in [1.54, 1.807) is 18.5 Å². The van der Waals surface area contributed by atoms with Gasteiger partial charge in [-0.25, -0.2) is 14.8 Å². The number of piperazine rings is 1. The first-order valence-corrected chi connectivity index (χ1v) is 11.9. The lowest BCUT2D eigenvalue weighted by Crippen LogP contribution is -2.56. The molecule has 0 aliphatic carbocycles. The molecular weight excluding hydrogens is 450 g/mol. The van der Waals surface area contributed by atoms with Crippen LogP contribution in [0.2, 0.25) is 5.15 Å². The third-order valence-corrected chi connectivity index (χ3v) is 6.01. The van der Waals surface area contributed by atoms with E-state index in [0.29, 0.717) is 48.9 Å². The van der Waals surface area contributed by atoms with E-state index < -0.39 is 0 Å². The first-order chi connectivity index (χ1) is 15.5. The minimum Gasteiger partial charge on any atom is -0.353 e. The van der Waals surface area contributed by atoms with Crippen LogP contribution in [0, 0.1) is 0 Å². The van der Waals surface area contributed by atoms with E-state index in [2.05, 4.69) is 30.5 Å². The Labute approximate surface area is 197 Å². The highest BCUT2D eigenvalue weighted by atomic mass is 35.5. The molecule has 172 valence electrons. The second kappa shape index (κ2) is 11.9. The van der Waals surface area contributed by atoms with Crippen molar-refractivity contribution in [2.75, 3.05) is 36.8 Å². The summed E-state index contributed by atoms with van der Waals surface area (Å²) in [5, 5.41) is 6.57. The van der Waals surface area contributed by atoms with Crippen LogP contribution >= 0.6 is 23.4 Å². The zero-order valence-electron chi connectivity index (χ0n) is 18.3. The molecule has 9 nitrogen and oxygen atoms in total. The zero-order chi connectivity index (χ0) is 22.9. The number of carbonyl (C=O) groups is 2. The van der Waals surface area contributed by atoms with Gasteiger partial charge in [0.1, 0.15) is 11.0 Å². The number of hydrogen-bond acceptors (Lipinski definition) is 7. The lowest BCUT2D eigenvalue weighted by atomic mass is 10.2. The van der Waals surface area contributed by atoms with Crippen LogP contribution < -0.4 is 15.5 Å². The van der Waals surface area contributed by atoms with Crippen molar-refractivity contribution in [2.24, 2.45) is 0 Å². The van der Waals surface area contributed by atoms with Crippen molar-refractivity contribution >= 4 is 41.1 Å². The maximum absolute atomic E-state index is 12.3. The molecule has 1 saturated heterocycles. The zero-order valence-corrected chi connectivity index (χ0v) is 19.8. The molecule has 0 aromatic carbocycles. The summed E-state index contributed by atoms with van der Waals surface area (Å²) in [7, 11) is 0. The number of urea groups is 1. The van der Waals surface area contributed by atoms with Crippen molar-refractivity contribution in [2.45, 2.75) is 38.0 Å². The fourth-order valence-corrected chi connectivity index (χ4v) is 4.21. The number of halogens is 1. The largest absolute Gasteiger partial charge is 0.353 e. The Kier molecular flexibility index (Phi) is 8.92. The number of anilines is 1. The van der Waals surface area contributed by atoms with Crippen LogP contribution in [0.1, 0.15) is 25.8 Å². The maximum Gasteiger partial charge on any atom is 0.317 e. The SMILES string of the molecule is CCCNC(=O)N1CCN(c2cc(Cl)nc(SCC(=O)NCc3ccncc3)n2)CC1C. The van der Waals surface area contributed by atoms with Crippen LogP contribution in [0.25, 0.3) is 0 Å². The van der Waals surface area contributed by atoms with E-state index in [-0.39, 0.29) is 23.7 Å². The number of aromatic nitrogens is 3. The molecule has 0 saturated carbocycles. The van der Waals surface area contributed by atoms with Gasteiger partial charge < -0.3 is 20.4 Å². The summed E-state index contributed by atoms with van der Waals surface area (Å²) in [6.45, 7) is 7.04. The van der Waals surface area contributed by atoms with Crippen LogP contribution in [0.3, 0.4) is 0 Å². The molecule has 2 aromatic heterocycles. The molecule has 1 fully saturated rings. The smallest absolute Gasteiger partial charge is 0.317 e. The van der Waals surface area contributed by atoms with Crippen LogP contribution in [0.15, 0.2) is 35.7 Å². The fraction of sp³-hybridized carbons (Fsp3) is 0.476. The van der Waals surface area contributed by atoms with Crippen molar-refractivity contribution in [3.63, 3.8) is 0 Å². The summed E-state index contributed by atoms with van der Waals surface area (Å²) in [6, 6.07) is 5.43. The van der Waals surface area contributed by atoms with Gasteiger partial charge in [-0.1, -0.05) is 30.3 Å². The molecule has 3 amide bonds. The van der Waals surface area contributed by atoms with E-state index in [9.17, 15) is 9.59 Å². The molecule has 1 aliphatic heterocycles. The molecular formula is C21H28ClN7O2S. The molecule has 1 atom stereocenters. The van der Waals surface area contributed by atoms with Crippen molar-refractivity contribution in [3.05, 3.63) is 41.3 Å². The van der Waals surface area contributed by atoms with Gasteiger partial charge in [-0.05, 0) is 31.0 Å². The number of rotatable bonds is 8. The minimum atomic E-state index is -0.114. The van der Waals surface area contributed by atoms with Gasteiger partial charge in [-0.15, -0.1) is 0 Å². The third-order valence-electron chi connectivity index (χ3n) is 4.97. The lowest BCUT2D eigenvalue weighted by Gasteiger charge is -2.40. The topological polar surface area (TPSA) is 103 Å². The predicted octanol–water partition coefficient (Wildman–Crippen LogP) is 2.56. The molecule has 11 heteroatoms. The second-order valence-corrected chi connectivity index (χ2v) is 8.80. The molecule has 0 spiro atoms. The third kappa shape index (κ3) is 6.96. The first kappa shape index (κ1) is 24.1. The number of amides is 3. The van der Waals surface area contributed by atoms with Gasteiger partial charge in [0, 0.05) is 57.2 Å². The molecule has 3 heterocycles. The van der Waals surface area contributed by atoms with Crippen molar-refractivity contribution in [1.82, 2.24) is 30.5 Å². The second-order valence-electron chi connectivity index (χ2n) is 7.47. The Hall–Kier alpha value is -2.59. The molecule has 2 N–H and O–H groups in total. The van der Waals surface area contributed by atoms with Gasteiger partial charge in [0.2, 0.25) is 5.91 Å². The van der Waals surface area contributed by atoms with Gasteiger partial charge in [-0.3, -0.25) is 9.78 Å². The number of nitrogens with zero attached hydrogens (tertiary/aromatic N) is 5. The Balaban J connectivity index is 1.54. The van der Waals surface area contributed by atoms with Crippen molar-refractivity contribution in [1.29, 1.82) is 0 Å². The van der Waals surface area contributed by atoms with E-state index in [1.807, 2.05) is 30.9 Å². The summed E-state index contributed by atoms with van der Waals surface area (Å²) < 4.78 is 0. The van der Waals surface area contributed by atoms with Crippen molar-refractivity contribution in [3.8, 4) is 0 Å². The van der Waals surface area contributed by atoms with Gasteiger partial charge in [0.25, 0.3) is 0 Å². The monoisotopic (exact) mass is 477 g/mol. The van der Waals surface area contributed by atoms with Gasteiger partial charge in [-0.2, -0.15) is 0 Å². The van der Waals surface area contributed by atoms with Gasteiger partial charge in [0.15, 0.2) is 5.16 Å². The normalized spacial score (nSPS) is 16.0. The number of nitrogens with one attached hydrogen (secondary N) is 2. The van der Waals surface area contributed by atoms with Crippen LogP contribution in [0.5, 0.6) is 0 Å². The quantitative estimate of drug-likeness (QED) is 0.342. The summed E-state index contributed by atoms with van der Waals surface area (Å²) in [4.78, 5) is 41.2. The predicted molar refractivity (Wildman–Crippen MR) is 126 cm³/mol. The van der Waals surface area contributed by atoms with Gasteiger partial charge in [0.05, 0.1) is 5.75 Å². The summed E-state index contributed by atoms with van der Waals surface area (Å²) in [5.74, 6) is 0.773. The lowest BCUT2D eigenvalue weighted by molar-refractivity contribution is -0.118. The van der Waals surface area contributed by atoms with Crippen LogP contribution in [-0.2, 0) is 11.3 Å². The maximum atomic E-state index is 12.3. The Bertz CT molecular complexity index is 918. The highest BCUT2D eigenvalue weighted by Crippen LogP contribution is 2.24. The molecule has 0 radical (unpaired) electrons. The van der Waals surface area contributed by atoms with E-state index in [0.717, 1.165) is 12.0 Å². The molecule has 32 heavy (non-hydrogen) atoms. The summed E-state index contributed by atoms with van der Waals surface area (Å²) in [5.41, 5.74) is 0.983. The van der Waals surface area contributed by atoms with Gasteiger partial charge >= 0.3 is 6.03 Å². The summed E-state index contributed by atoms with van der Waals surface area (Å²) in [6.07, 6.45) is 4.29. The Morgan fingerprint density at radius 3 is 2.72 bits per heavy atom. The van der Waals surface area contributed by atoms with Crippen molar-refractivity contribution < 1.29 is 9.59 Å². The van der Waals surface area contributed by atoms with E-state index in [1.165, 1.54) is 11.8 Å². The fourth-order valence-electron chi connectivity index (χ4n) is 3.30. The molecule has 3 rings (SSSR count). The Morgan fingerprint density at radius 2 is 2.00 bits per heavy atom. The van der Waals surface area contributed by atoms with E-state index >= 15 is 0 Å². The molecule has 1 aliphatic rings. The van der Waals surface area contributed by atoms with Crippen LogP contribution in [0.4, 0.5) is 10.6 Å². The average molecular weight is 478 g/mol. The first-order valence-electron chi connectivity index (χ1n) is 10.6. The average Bonchev–Trinajstić information content (AvgIpc) is 2.80. The van der Waals surface area contributed by atoms with E-state index in [4.69, 9.17) is 11.6 Å².